The van der Waals surface area contributed by atoms with Crippen LogP contribution in [0.15, 0.2) is 29.6 Å². The monoisotopic (exact) mass is 523 g/mol. The molecule has 14 nitrogen and oxygen atoms in total. The second kappa shape index (κ2) is 13.6. The van der Waals surface area contributed by atoms with Gasteiger partial charge < -0.3 is 31.3 Å². The topological polar surface area (TPSA) is 221 Å². The fraction of sp³-hybridized carbons (Fsp3) is 0.381. The van der Waals surface area contributed by atoms with Gasteiger partial charge >= 0.3 is 23.9 Å². The number of thiazole rings is 1. The average Bonchev–Trinajstić information content (AvgIpc) is 3.29. The van der Waals surface area contributed by atoms with E-state index in [0.717, 1.165) is 0 Å². The van der Waals surface area contributed by atoms with E-state index in [1.54, 1.807) is 17.5 Å². The number of benzene rings is 1. The number of rotatable bonds is 15. The van der Waals surface area contributed by atoms with Gasteiger partial charge in [0.15, 0.2) is 5.13 Å². The van der Waals surface area contributed by atoms with Crippen molar-refractivity contribution < 1.29 is 39.4 Å². The van der Waals surface area contributed by atoms with E-state index in [2.05, 4.69) is 20.9 Å². The summed E-state index contributed by atoms with van der Waals surface area (Å²) in [4.78, 5) is 60.1. The van der Waals surface area contributed by atoms with Crippen LogP contribution in [0.1, 0.15) is 32.1 Å². The number of carbonyl (C=O) groups is 4. The number of nitro groups is 1. The second-order valence-corrected chi connectivity index (χ2v) is 8.46. The van der Waals surface area contributed by atoms with Gasteiger partial charge in [0, 0.05) is 36.0 Å². The maximum Gasteiger partial charge on any atom is 0.326 e. The summed E-state index contributed by atoms with van der Waals surface area (Å²) in [6.07, 6.45) is 0.206. The van der Waals surface area contributed by atoms with Crippen LogP contribution in [-0.2, 0) is 14.4 Å². The molecule has 2 amide bonds. The molecule has 0 saturated heterocycles. The van der Waals surface area contributed by atoms with Gasteiger partial charge in [-0.05, 0) is 25.7 Å². The summed E-state index contributed by atoms with van der Waals surface area (Å²) in [6.45, 7) is 0.455. The zero-order chi connectivity index (χ0) is 26.7. The van der Waals surface area contributed by atoms with Crippen molar-refractivity contribution >= 4 is 46.1 Å². The Morgan fingerprint density at radius 2 is 1.69 bits per heavy atom. The number of hydrogen-bond donors (Lipinski definition) is 6. The zero-order valence-corrected chi connectivity index (χ0v) is 19.7. The Bertz CT molecular complexity index is 1110. The predicted octanol–water partition coefficient (Wildman–Crippen LogP) is 2.37. The molecule has 194 valence electrons. The Kier molecular flexibility index (Phi) is 10.5. The molecule has 0 radical (unpaired) electrons. The number of urea groups is 1. The van der Waals surface area contributed by atoms with E-state index >= 15 is 0 Å². The largest absolute Gasteiger partial charge is 0.481 e. The van der Waals surface area contributed by atoms with E-state index in [1.807, 2.05) is 0 Å². The van der Waals surface area contributed by atoms with E-state index in [4.69, 9.17) is 10.2 Å². The first kappa shape index (κ1) is 28.0. The number of aliphatic carboxylic acids is 3. The highest BCUT2D eigenvalue weighted by Crippen LogP contribution is 2.27. The van der Waals surface area contributed by atoms with Gasteiger partial charge in [-0.2, -0.15) is 0 Å². The Morgan fingerprint density at radius 1 is 1.03 bits per heavy atom. The zero-order valence-electron chi connectivity index (χ0n) is 18.9. The molecule has 2 rings (SSSR count). The van der Waals surface area contributed by atoms with Gasteiger partial charge in [-0.15, -0.1) is 11.3 Å². The number of anilines is 1. The maximum atomic E-state index is 12.0. The van der Waals surface area contributed by atoms with Crippen molar-refractivity contribution in [1.29, 1.82) is 0 Å². The number of nitrogens with zero attached hydrogens (tertiary/aromatic N) is 2. The lowest BCUT2D eigenvalue weighted by atomic mass is 10.1. The van der Waals surface area contributed by atoms with Crippen molar-refractivity contribution in [3.63, 3.8) is 0 Å². The summed E-state index contributed by atoms with van der Waals surface area (Å²) in [5.74, 6) is -3.95. The molecular formula is C21H25N5O9S. The van der Waals surface area contributed by atoms with Gasteiger partial charge in [0.2, 0.25) is 0 Å². The molecule has 0 unspecified atom stereocenters. The first-order valence-corrected chi connectivity index (χ1v) is 11.6. The quantitative estimate of drug-likeness (QED) is 0.113. The first-order chi connectivity index (χ1) is 17.1. The molecule has 1 heterocycles. The van der Waals surface area contributed by atoms with E-state index in [-0.39, 0.29) is 18.5 Å². The van der Waals surface area contributed by atoms with Crippen LogP contribution in [0.4, 0.5) is 15.6 Å². The number of nitrogens with one attached hydrogen (secondary N) is 3. The molecule has 36 heavy (non-hydrogen) atoms. The lowest BCUT2D eigenvalue weighted by molar-refractivity contribution is -0.384. The third-order valence-electron chi connectivity index (χ3n) is 4.91. The van der Waals surface area contributed by atoms with Gasteiger partial charge in [0.25, 0.3) is 5.69 Å². The molecule has 2 atom stereocenters. The summed E-state index contributed by atoms with van der Waals surface area (Å²) in [5, 5.41) is 47.7. The van der Waals surface area contributed by atoms with E-state index in [9.17, 15) is 34.4 Å². The minimum Gasteiger partial charge on any atom is -0.481 e. The molecule has 6 N–H and O–H groups in total. The third-order valence-corrected chi connectivity index (χ3v) is 5.71. The van der Waals surface area contributed by atoms with Crippen LogP contribution in [0.25, 0.3) is 11.3 Å². The highest BCUT2D eigenvalue weighted by molar-refractivity contribution is 7.14. The van der Waals surface area contributed by atoms with E-state index < -0.39 is 47.4 Å². The molecule has 0 bridgehead atoms. The molecule has 0 saturated carbocycles. The molecular weight excluding hydrogens is 498 g/mol. The highest BCUT2D eigenvalue weighted by atomic mass is 32.1. The number of amides is 2. The maximum absolute atomic E-state index is 12.0. The van der Waals surface area contributed by atoms with Crippen LogP contribution in [0, 0.1) is 10.1 Å². The van der Waals surface area contributed by atoms with Gasteiger partial charge in [-0.25, -0.2) is 19.4 Å². The van der Waals surface area contributed by atoms with E-state index in [0.29, 0.717) is 35.8 Å². The first-order valence-electron chi connectivity index (χ1n) is 10.8. The van der Waals surface area contributed by atoms with Gasteiger partial charge in [0.05, 0.1) is 10.6 Å². The Labute approximate surface area is 208 Å². The molecule has 0 spiro atoms. The molecule has 1 aromatic carbocycles. The summed E-state index contributed by atoms with van der Waals surface area (Å²) in [5.41, 5.74) is 1.15. The van der Waals surface area contributed by atoms with Crippen LogP contribution in [0.5, 0.6) is 0 Å². The van der Waals surface area contributed by atoms with Gasteiger partial charge in [-0.3, -0.25) is 14.9 Å². The number of carboxylic acid groups (broad SMARTS) is 3. The number of unbranched alkanes of at least 4 members (excludes halogenated alkanes) is 1. The number of aromatic nitrogens is 1. The van der Waals surface area contributed by atoms with Gasteiger partial charge in [-0.1, -0.05) is 12.1 Å². The Morgan fingerprint density at radius 3 is 2.31 bits per heavy atom. The smallest absolute Gasteiger partial charge is 0.326 e. The number of carboxylic acids is 3. The summed E-state index contributed by atoms with van der Waals surface area (Å²) < 4.78 is 0. The SMILES string of the molecule is O=C(O)CC[C@H](NC(=O)N[C@@H](CCCCNc1nc(-c2cccc([N+](=O)[O-])c2)cs1)C(=O)O)C(=O)O. The summed E-state index contributed by atoms with van der Waals surface area (Å²) >= 11 is 1.31. The third kappa shape index (κ3) is 9.17. The van der Waals surface area contributed by atoms with Crippen molar-refractivity contribution in [3.05, 3.63) is 39.8 Å². The molecule has 1 aromatic heterocycles. The van der Waals surface area contributed by atoms with Crippen molar-refractivity contribution in [2.45, 2.75) is 44.2 Å². The number of hydrogen-bond acceptors (Lipinski definition) is 9. The minimum atomic E-state index is -1.47. The van der Waals surface area contributed by atoms with Crippen LogP contribution in [0.3, 0.4) is 0 Å². The summed E-state index contributed by atoms with van der Waals surface area (Å²) in [7, 11) is 0. The van der Waals surface area contributed by atoms with Crippen molar-refractivity contribution in [2.24, 2.45) is 0 Å². The Balaban J connectivity index is 1.78. The molecule has 2 aromatic rings. The van der Waals surface area contributed by atoms with Crippen molar-refractivity contribution in [1.82, 2.24) is 15.6 Å². The fourth-order valence-corrected chi connectivity index (χ4v) is 3.82. The normalized spacial score (nSPS) is 12.2. The standard InChI is InChI=1S/C21H25N5O9S/c27-17(28)8-7-15(19(31)32)24-20(33)23-14(18(29)30)6-1-2-9-22-21-25-16(11-36-21)12-4-3-5-13(10-12)26(34)35/h3-5,10-11,14-15H,1-2,6-9H2,(H,22,25)(H,27,28)(H,29,30)(H,31,32)(H2,23,24,33)/t14-,15-/m0/s1. The number of nitro benzene ring substituents is 1. The molecule has 15 heteroatoms. The van der Waals surface area contributed by atoms with Crippen LogP contribution < -0.4 is 16.0 Å². The molecule has 0 aliphatic carbocycles. The van der Waals surface area contributed by atoms with Crippen LogP contribution >= 0.6 is 11.3 Å². The number of carbonyl (C=O) groups excluding carboxylic acids is 1. The summed E-state index contributed by atoms with van der Waals surface area (Å²) in [6, 6.07) is 2.36. The van der Waals surface area contributed by atoms with Crippen LogP contribution in [0.2, 0.25) is 0 Å². The molecule has 0 aliphatic heterocycles. The van der Waals surface area contributed by atoms with Crippen LogP contribution in [-0.4, -0.2) is 67.8 Å². The lowest BCUT2D eigenvalue weighted by Crippen LogP contribution is -2.51. The second-order valence-electron chi connectivity index (χ2n) is 7.60. The highest BCUT2D eigenvalue weighted by Gasteiger charge is 2.24. The molecule has 0 aliphatic rings. The lowest BCUT2D eigenvalue weighted by Gasteiger charge is -2.18. The Hall–Kier alpha value is -4.27. The van der Waals surface area contributed by atoms with Crippen molar-refractivity contribution in [2.75, 3.05) is 11.9 Å². The minimum absolute atomic E-state index is 0.0379. The van der Waals surface area contributed by atoms with Crippen molar-refractivity contribution in [3.8, 4) is 11.3 Å². The van der Waals surface area contributed by atoms with Gasteiger partial charge in [0.1, 0.15) is 12.1 Å². The predicted molar refractivity (Wildman–Crippen MR) is 128 cm³/mol. The number of non-ortho nitro benzene ring substituents is 1. The average molecular weight is 524 g/mol. The fourth-order valence-electron chi connectivity index (χ4n) is 3.08. The van der Waals surface area contributed by atoms with E-state index in [1.165, 1.54) is 23.5 Å². The molecule has 0 fully saturated rings.